The minimum absolute atomic E-state index is 0.00771. The number of amides is 1. The highest BCUT2D eigenvalue weighted by Crippen LogP contribution is 2.28. The van der Waals surface area contributed by atoms with Crippen molar-refractivity contribution in [3.05, 3.63) is 89.1 Å². The van der Waals surface area contributed by atoms with Crippen LogP contribution < -0.4 is 0 Å². The van der Waals surface area contributed by atoms with Crippen molar-refractivity contribution in [2.24, 2.45) is 0 Å². The Bertz CT molecular complexity index is 946. The summed E-state index contributed by atoms with van der Waals surface area (Å²) in [6, 6.07) is 16.3. The number of benzene rings is 1. The molecule has 3 aromatic rings. The zero-order chi connectivity index (χ0) is 20.1. The molecule has 150 valence electrons. The fraction of sp³-hybridized carbons (Fsp3) is 0.333. The number of hydrogen-bond donors (Lipinski definition) is 0. The number of carbonyl (C=O) groups is 1. The Morgan fingerprint density at radius 3 is 2.59 bits per heavy atom. The average molecular weight is 407 g/mol. The zero-order valence-electron chi connectivity index (χ0n) is 16.7. The van der Waals surface area contributed by atoms with Gasteiger partial charge in [0.15, 0.2) is 5.76 Å². The van der Waals surface area contributed by atoms with Gasteiger partial charge in [-0.05, 0) is 66.6 Å². The lowest BCUT2D eigenvalue weighted by atomic mass is 9.90. The van der Waals surface area contributed by atoms with Crippen LogP contribution in [0.25, 0.3) is 0 Å². The Morgan fingerprint density at radius 2 is 1.83 bits per heavy atom. The lowest BCUT2D eigenvalue weighted by Crippen LogP contribution is -2.37. The smallest absolute Gasteiger partial charge is 0.289 e. The first-order chi connectivity index (χ1) is 14.2. The second-order valence-corrected chi connectivity index (χ2v) is 8.52. The fourth-order valence-electron chi connectivity index (χ4n) is 3.81. The highest BCUT2D eigenvalue weighted by molar-refractivity contribution is 7.97. The topological polar surface area (TPSA) is 46.3 Å². The van der Waals surface area contributed by atoms with Crippen molar-refractivity contribution in [1.29, 1.82) is 0 Å². The summed E-state index contributed by atoms with van der Waals surface area (Å²) < 4.78 is 5.86. The predicted octanol–water partition coefficient (Wildman–Crippen LogP) is 5.44. The summed E-state index contributed by atoms with van der Waals surface area (Å²) in [5, 5.41) is 0. The van der Waals surface area contributed by atoms with Gasteiger partial charge in [-0.15, -0.1) is 11.8 Å². The maximum Gasteiger partial charge on any atom is 0.289 e. The van der Waals surface area contributed by atoms with Crippen molar-refractivity contribution in [1.82, 2.24) is 9.88 Å². The number of hydrogen-bond acceptors (Lipinski definition) is 4. The molecule has 4 nitrogen and oxygen atoms in total. The molecular weight excluding hydrogens is 380 g/mol. The number of aryl methyl sites for hydroxylation is 1. The molecule has 1 fully saturated rings. The molecule has 5 heteroatoms. The average Bonchev–Trinajstić information content (AvgIpc) is 3.24. The van der Waals surface area contributed by atoms with Gasteiger partial charge in [-0.25, -0.2) is 0 Å². The van der Waals surface area contributed by atoms with E-state index in [2.05, 4.69) is 48.3 Å². The van der Waals surface area contributed by atoms with E-state index >= 15 is 0 Å². The van der Waals surface area contributed by atoms with E-state index in [1.165, 1.54) is 16.7 Å². The zero-order valence-corrected chi connectivity index (χ0v) is 17.5. The summed E-state index contributed by atoms with van der Waals surface area (Å²) in [6.07, 6.45) is 5.65. The van der Waals surface area contributed by atoms with Gasteiger partial charge in [0, 0.05) is 31.2 Å². The summed E-state index contributed by atoms with van der Waals surface area (Å²) in [5.41, 5.74) is 3.97. The quantitative estimate of drug-likeness (QED) is 0.547. The molecule has 1 aliphatic heterocycles. The van der Waals surface area contributed by atoms with Gasteiger partial charge < -0.3 is 9.32 Å². The number of thioether (sulfide) groups is 1. The number of furan rings is 1. The minimum atomic E-state index is 0.00771. The van der Waals surface area contributed by atoms with Crippen molar-refractivity contribution < 1.29 is 9.21 Å². The van der Waals surface area contributed by atoms with Gasteiger partial charge in [-0.2, -0.15) is 0 Å². The monoisotopic (exact) mass is 406 g/mol. The number of carbonyl (C=O) groups excluding carboxylic acids is 1. The molecule has 2 aromatic heterocycles. The van der Waals surface area contributed by atoms with Gasteiger partial charge in [-0.3, -0.25) is 9.78 Å². The van der Waals surface area contributed by atoms with E-state index in [1.807, 2.05) is 41.2 Å². The molecule has 1 aliphatic rings. The van der Waals surface area contributed by atoms with Gasteiger partial charge in [0.05, 0.1) is 5.75 Å². The number of piperidine rings is 1. The SMILES string of the molecule is Cc1ccccc1CSCc1ccc(C(=O)N2CCC(c3ccncc3)CC2)o1. The summed E-state index contributed by atoms with van der Waals surface area (Å²) in [7, 11) is 0. The summed E-state index contributed by atoms with van der Waals surface area (Å²) in [5.74, 6) is 3.54. The van der Waals surface area contributed by atoms with Crippen molar-refractivity contribution in [2.45, 2.75) is 37.2 Å². The number of pyridine rings is 1. The first-order valence-corrected chi connectivity index (χ1v) is 11.3. The van der Waals surface area contributed by atoms with Crippen LogP contribution in [0.4, 0.5) is 0 Å². The van der Waals surface area contributed by atoms with E-state index in [0.717, 1.165) is 43.2 Å². The lowest BCUT2D eigenvalue weighted by molar-refractivity contribution is 0.0679. The van der Waals surface area contributed by atoms with Crippen LogP contribution in [0.15, 0.2) is 65.3 Å². The molecule has 1 saturated heterocycles. The van der Waals surface area contributed by atoms with E-state index in [9.17, 15) is 4.79 Å². The highest BCUT2D eigenvalue weighted by atomic mass is 32.2. The third-order valence-corrected chi connectivity index (χ3v) is 6.60. The predicted molar refractivity (Wildman–Crippen MR) is 117 cm³/mol. The normalized spacial score (nSPS) is 14.9. The summed E-state index contributed by atoms with van der Waals surface area (Å²) in [4.78, 5) is 18.8. The van der Waals surface area contributed by atoms with Crippen LogP contribution in [-0.2, 0) is 11.5 Å². The Hall–Kier alpha value is -2.53. The number of likely N-dealkylation sites (tertiary alicyclic amines) is 1. The lowest BCUT2D eigenvalue weighted by Gasteiger charge is -2.31. The van der Waals surface area contributed by atoms with Crippen LogP contribution in [0.1, 0.15) is 51.8 Å². The van der Waals surface area contributed by atoms with Crippen molar-refractivity contribution in [3.8, 4) is 0 Å². The fourth-order valence-corrected chi connectivity index (χ4v) is 4.81. The molecule has 4 rings (SSSR count). The molecular formula is C24H26N2O2S. The summed E-state index contributed by atoms with van der Waals surface area (Å²) >= 11 is 1.81. The molecule has 0 N–H and O–H groups in total. The van der Waals surface area contributed by atoms with Crippen LogP contribution in [0.2, 0.25) is 0 Å². The Labute approximate surface area is 176 Å². The van der Waals surface area contributed by atoms with E-state index in [4.69, 9.17) is 4.42 Å². The molecule has 0 unspecified atom stereocenters. The van der Waals surface area contributed by atoms with Crippen LogP contribution in [-0.4, -0.2) is 28.9 Å². The molecule has 1 aromatic carbocycles. The molecule has 0 saturated carbocycles. The van der Waals surface area contributed by atoms with Crippen molar-refractivity contribution in [2.75, 3.05) is 13.1 Å². The van der Waals surface area contributed by atoms with E-state index in [1.54, 1.807) is 0 Å². The van der Waals surface area contributed by atoms with Gasteiger partial charge in [0.25, 0.3) is 5.91 Å². The molecule has 0 spiro atoms. The van der Waals surface area contributed by atoms with Crippen LogP contribution in [0, 0.1) is 6.92 Å². The highest BCUT2D eigenvalue weighted by Gasteiger charge is 2.26. The Kier molecular flexibility index (Phi) is 6.35. The number of aromatic nitrogens is 1. The van der Waals surface area contributed by atoms with Gasteiger partial charge >= 0.3 is 0 Å². The summed E-state index contributed by atoms with van der Waals surface area (Å²) in [6.45, 7) is 3.67. The van der Waals surface area contributed by atoms with Crippen LogP contribution >= 0.6 is 11.8 Å². The Balaban J connectivity index is 1.28. The first-order valence-electron chi connectivity index (χ1n) is 10.1. The van der Waals surface area contributed by atoms with E-state index < -0.39 is 0 Å². The van der Waals surface area contributed by atoms with Gasteiger partial charge in [0.1, 0.15) is 5.76 Å². The van der Waals surface area contributed by atoms with Crippen molar-refractivity contribution in [3.63, 3.8) is 0 Å². The molecule has 1 amide bonds. The van der Waals surface area contributed by atoms with Gasteiger partial charge in [-0.1, -0.05) is 24.3 Å². The third kappa shape index (κ3) is 4.91. The standard InChI is InChI=1S/C24H26N2O2S/c1-18-4-2-3-5-21(18)16-29-17-22-6-7-23(28-22)24(27)26-14-10-20(11-15-26)19-8-12-25-13-9-19/h2-9,12-13,20H,10-11,14-17H2,1H3. The molecule has 0 atom stereocenters. The maximum absolute atomic E-state index is 12.8. The first kappa shape index (κ1) is 19.8. The minimum Gasteiger partial charge on any atom is -0.455 e. The second kappa shape index (κ2) is 9.31. The Morgan fingerprint density at radius 1 is 1.07 bits per heavy atom. The molecule has 0 aliphatic carbocycles. The maximum atomic E-state index is 12.8. The van der Waals surface area contributed by atoms with Crippen LogP contribution in [0.5, 0.6) is 0 Å². The molecule has 29 heavy (non-hydrogen) atoms. The van der Waals surface area contributed by atoms with Crippen molar-refractivity contribution >= 4 is 17.7 Å². The molecule has 0 radical (unpaired) electrons. The largest absolute Gasteiger partial charge is 0.455 e. The molecule has 3 heterocycles. The van der Waals surface area contributed by atoms with Gasteiger partial charge in [0.2, 0.25) is 0 Å². The van der Waals surface area contributed by atoms with E-state index in [0.29, 0.717) is 11.7 Å². The van der Waals surface area contributed by atoms with E-state index in [-0.39, 0.29) is 5.91 Å². The van der Waals surface area contributed by atoms with Crippen LogP contribution in [0.3, 0.4) is 0 Å². The molecule has 0 bridgehead atoms. The number of rotatable bonds is 6. The second-order valence-electron chi connectivity index (χ2n) is 7.53. The third-order valence-electron chi connectivity index (χ3n) is 5.60. The number of nitrogens with zero attached hydrogens (tertiary/aromatic N) is 2.